The Morgan fingerprint density at radius 1 is 0.317 bits per heavy atom. The van der Waals surface area contributed by atoms with E-state index in [1.165, 1.54) is 76.8 Å². The molecule has 6 heterocycles. The van der Waals surface area contributed by atoms with Crippen LogP contribution >= 0.6 is 0 Å². The lowest BCUT2D eigenvalue weighted by Crippen LogP contribution is -2.61. The summed E-state index contributed by atoms with van der Waals surface area (Å²) < 4.78 is 19.6. The molecule has 496 valence electrons. The van der Waals surface area contributed by atoms with Crippen molar-refractivity contribution in [3.05, 3.63) is 314 Å². The minimum absolute atomic E-state index is 0.00344. The molecule has 21 rings (SSSR count). The van der Waals surface area contributed by atoms with E-state index < -0.39 is 0 Å². The van der Waals surface area contributed by atoms with Crippen molar-refractivity contribution >= 4 is 124 Å². The Balaban J connectivity index is 0.870. The predicted molar refractivity (Wildman–Crippen MR) is 437 cm³/mol. The molecule has 0 fully saturated rings. The number of anilines is 6. The van der Waals surface area contributed by atoms with Crippen LogP contribution < -0.4 is 52.1 Å². The molecule has 6 nitrogen and oxygen atoms in total. The van der Waals surface area contributed by atoms with Crippen molar-refractivity contribution in [3.63, 3.8) is 0 Å². The molecule has 8 heteroatoms. The SMILES string of the molecule is CC(C)(C)c1ccc2c(c1)Oc1cc(-c3cc4c5c(c3)N(c3ccccc3-c3ccccc3)c3cc(-n6c7ccccc7c7ccccc76)ccc3B5c3ccc(-n5c6ccccc6c6ccccc65)cc3N4c3ccc(-c4cccc5c4C(C)(C)CCC5(C)C)cc3)cc3c1B2c1ccccc1O3. The van der Waals surface area contributed by atoms with Gasteiger partial charge in [-0.2, -0.15) is 0 Å². The first-order valence-corrected chi connectivity index (χ1v) is 36.9. The lowest BCUT2D eigenvalue weighted by molar-refractivity contribution is 0.333. The number of fused-ring (bicyclic) bond motifs is 15. The number of benzene rings is 14. The molecule has 2 aromatic heterocycles. The van der Waals surface area contributed by atoms with Crippen LogP contribution in [0.4, 0.5) is 34.1 Å². The highest BCUT2D eigenvalue weighted by atomic mass is 16.5. The molecule has 0 N–H and O–H groups in total. The first-order chi connectivity index (χ1) is 50.7. The largest absolute Gasteiger partial charge is 0.458 e. The molecule has 0 amide bonds. The number of para-hydroxylation sites is 6. The number of aromatic nitrogens is 2. The third-order valence-electron chi connectivity index (χ3n) is 23.8. The van der Waals surface area contributed by atoms with Crippen molar-refractivity contribution in [2.75, 3.05) is 9.80 Å². The van der Waals surface area contributed by atoms with Crippen LogP contribution in [0.3, 0.4) is 0 Å². The number of ether oxygens (including phenoxy) is 2. The molecule has 0 saturated heterocycles. The second-order valence-corrected chi connectivity index (χ2v) is 31.7. The van der Waals surface area contributed by atoms with Crippen molar-refractivity contribution in [2.45, 2.75) is 77.6 Å². The molecular weight excluding hydrogens is 1260 g/mol. The van der Waals surface area contributed by atoms with Gasteiger partial charge >= 0.3 is 0 Å². The Labute approximate surface area is 607 Å². The maximum Gasteiger partial charge on any atom is 0.260 e. The molecule has 14 aromatic carbocycles. The summed E-state index contributed by atoms with van der Waals surface area (Å²) in [6.45, 7) is 16.3. The summed E-state index contributed by atoms with van der Waals surface area (Å²) in [6.07, 6.45) is 2.28. The second-order valence-electron chi connectivity index (χ2n) is 31.7. The van der Waals surface area contributed by atoms with Gasteiger partial charge in [0.25, 0.3) is 13.4 Å². The molecule has 0 radical (unpaired) electrons. The average molecular weight is 1340 g/mol. The third-order valence-corrected chi connectivity index (χ3v) is 23.8. The van der Waals surface area contributed by atoms with Crippen LogP contribution in [0.1, 0.15) is 78.0 Å². The van der Waals surface area contributed by atoms with Crippen molar-refractivity contribution in [3.8, 4) is 67.8 Å². The van der Waals surface area contributed by atoms with Crippen LogP contribution in [-0.2, 0) is 16.2 Å². The zero-order valence-electron chi connectivity index (χ0n) is 59.5. The Kier molecular flexibility index (Phi) is 13.0. The number of hydrogen-bond acceptors (Lipinski definition) is 4. The van der Waals surface area contributed by atoms with Gasteiger partial charge in [-0.05, 0) is 204 Å². The van der Waals surface area contributed by atoms with E-state index in [0.717, 1.165) is 131 Å². The summed E-state index contributed by atoms with van der Waals surface area (Å²) in [5, 5.41) is 4.90. The maximum absolute atomic E-state index is 7.39. The van der Waals surface area contributed by atoms with Crippen molar-refractivity contribution in [2.24, 2.45) is 0 Å². The summed E-state index contributed by atoms with van der Waals surface area (Å²) in [5.74, 6) is 3.34. The van der Waals surface area contributed by atoms with E-state index in [4.69, 9.17) is 9.47 Å². The van der Waals surface area contributed by atoms with Gasteiger partial charge in [0.1, 0.15) is 23.0 Å². The smallest absolute Gasteiger partial charge is 0.260 e. The van der Waals surface area contributed by atoms with Gasteiger partial charge in [0.2, 0.25) is 0 Å². The fraction of sp³-hybridized carbons (Fsp3) is 0.125. The van der Waals surface area contributed by atoms with Gasteiger partial charge in [-0.25, -0.2) is 0 Å². The topological polar surface area (TPSA) is 34.8 Å². The molecule has 0 bridgehead atoms. The standard InChI is InChI=1S/C96H74B2N4O2/c1-94(2,3)63-42-47-77-88(56-63)104-90-55-62(54-89-93(90)98(77)76-33-16-22-39-87(76)103-89)61-52-85-92-86(53-61)102(78-34-17-11-26-67(78)59-24-9-8-10-25-59)84-58-66(101-81-37-20-14-29-71(81)72-30-15-21-38-82(72)101)46-49-75(84)97(92)74-48-45-65(100-79-35-18-12-27-69(79)70-28-13-19-36-80(70)100)57-83(74)99(85)64-43-40-60(41-44-64)68-31-23-32-73-91(68)96(6,7)51-50-95(73,4)5/h8-49,52-58H,50-51H2,1-7H3. The molecule has 104 heavy (non-hydrogen) atoms. The van der Waals surface area contributed by atoms with E-state index in [1.54, 1.807) is 0 Å². The maximum atomic E-state index is 7.39. The Morgan fingerprint density at radius 2 is 0.788 bits per heavy atom. The fourth-order valence-electron chi connectivity index (χ4n) is 18.7. The first kappa shape index (κ1) is 60.7. The lowest BCUT2D eigenvalue weighted by atomic mass is 9.33. The molecule has 4 aliphatic heterocycles. The van der Waals surface area contributed by atoms with Gasteiger partial charge < -0.3 is 28.4 Å². The molecule has 0 unspecified atom stereocenters. The predicted octanol–water partition coefficient (Wildman–Crippen LogP) is 21.3. The van der Waals surface area contributed by atoms with E-state index in [0.29, 0.717) is 0 Å². The molecule has 1 aliphatic carbocycles. The normalized spacial score (nSPS) is 14.8. The molecule has 16 aromatic rings. The van der Waals surface area contributed by atoms with Gasteiger partial charge in [0.05, 0.1) is 27.8 Å². The minimum atomic E-state index is -0.224. The van der Waals surface area contributed by atoms with Crippen LogP contribution in [-0.4, -0.2) is 22.6 Å². The quantitative estimate of drug-likeness (QED) is 0.149. The van der Waals surface area contributed by atoms with Crippen molar-refractivity contribution in [1.82, 2.24) is 9.13 Å². The Hall–Kier alpha value is -12.0. The van der Waals surface area contributed by atoms with Crippen LogP contribution in [0.5, 0.6) is 23.0 Å². The van der Waals surface area contributed by atoms with E-state index in [1.807, 2.05) is 0 Å². The first-order valence-electron chi connectivity index (χ1n) is 36.9. The summed E-state index contributed by atoms with van der Waals surface area (Å²) in [7, 11) is 0. The highest BCUT2D eigenvalue weighted by molar-refractivity contribution is 7.00. The summed E-state index contributed by atoms with van der Waals surface area (Å²) >= 11 is 0. The Bertz CT molecular complexity index is 6220. The zero-order chi connectivity index (χ0) is 69.6. The monoisotopic (exact) mass is 1340 g/mol. The number of rotatable bonds is 7. The molecule has 0 saturated carbocycles. The van der Waals surface area contributed by atoms with Crippen molar-refractivity contribution < 1.29 is 9.47 Å². The fourth-order valence-corrected chi connectivity index (χ4v) is 18.7. The van der Waals surface area contributed by atoms with Crippen LogP contribution in [0, 0.1) is 0 Å². The van der Waals surface area contributed by atoms with Gasteiger partial charge in [0.15, 0.2) is 0 Å². The Morgan fingerprint density at radius 3 is 1.41 bits per heavy atom. The summed E-state index contributed by atoms with van der Waals surface area (Å²) in [6, 6.07) is 112. The van der Waals surface area contributed by atoms with Gasteiger partial charge in [-0.1, -0.05) is 243 Å². The lowest BCUT2D eigenvalue weighted by Gasteiger charge is -2.45. The minimum Gasteiger partial charge on any atom is -0.458 e. The molecule has 5 aliphatic rings. The second kappa shape index (κ2) is 22.3. The average Bonchev–Trinajstić information content (AvgIpc) is 0.705. The number of hydrogen-bond donors (Lipinski definition) is 0. The number of nitrogens with zero attached hydrogens (tertiary/aromatic N) is 4. The third kappa shape index (κ3) is 8.97. The van der Waals surface area contributed by atoms with E-state index in [2.05, 4.69) is 365 Å². The van der Waals surface area contributed by atoms with Crippen LogP contribution in [0.25, 0.3) is 88.4 Å². The van der Waals surface area contributed by atoms with Gasteiger partial charge in [-0.15, -0.1) is 0 Å². The van der Waals surface area contributed by atoms with E-state index >= 15 is 0 Å². The van der Waals surface area contributed by atoms with Crippen molar-refractivity contribution in [1.29, 1.82) is 0 Å². The molecule has 0 spiro atoms. The van der Waals surface area contributed by atoms with Gasteiger partial charge in [0, 0.05) is 72.4 Å². The summed E-state index contributed by atoms with van der Waals surface area (Å²) in [4.78, 5) is 5.22. The molecular formula is C96H74B2N4O2. The van der Waals surface area contributed by atoms with Crippen LogP contribution in [0.15, 0.2) is 297 Å². The van der Waals surface area contributed by atoms with E-state index in [-0.39, 0.29) is 29.7 Å². The summed E-state index contributed by atoms with van der Waals surface area (Å²) in [5.41, 5.74) is 31.3. The molecule has 0 atom stereocenters. The highest BCUT2D eigenvalue weighted by Crippen LogP contribution is 2.53. The zero-order valence-corrected chi connectivity index (χ0v) is 59.5. The highest BCUT2D eigenvalue weighted by Gasteiger charge is 2.47. The van der Waals surface area contributed by atoms with E-state index in [9.17, 15) is 0 Å². The van der Waals surface area contributed by atoms with Gasteiger partial charge in [-0.3, -0.25) is 0 Å². The van der Waals surface area contributed by atoms with Crippen LogP contribution in [0.2, 0.25) is 0 Å².